The van der Waals surface area contributed by atoms with Crippen LogP contribution >= 0.6 is 11.3 Å². The number of rotatable bonds is 7. The molecule has 30 heavy (non-hydrogen) atoms. The van der Waals surface area contributed by atoms with Crippen LogP contribution in [0.4, 0.5) is 5.00 Å². The number of anilines is 1. The normalized spacial score (nSPS) is 16.5. The van der Waals surface area contributed by atoms with Crippen molar-refractivity contribution in [3.8, 4) is 0 Å². The van der Waals surface area contributed by atoms with E-state index in [9.17, 15) is 4.79 Å². The first-order valence-electron chi connectivity index (χ1n) is 10.5. The summed E-state index contributed by atoms with van der Waals surface area (Å²) in [7, 11) is 0. The molecular formula is C23H28N4O2S. The minimum absolute atomic E-state index is 0.0791. The third-order valence-corrected chi connectivity index (χ3v) is 6.88. The Morgan fingerprint density at radius 1 is 1.20 bits per heavy atom. The number of likely N-dealkylation sites (N-methyl/N-ethyl adjacent to an activating group) is 1. The summed E-state index contributed by atoms with van der Waals surface area (Å²) in [6.45, 7) is 9.53. The Kier molecular flexibility index (Phi) is 6.62. The number of hydrogen-bond acceptors (Lipinski definition) is 6. The number of aromatic nitrogens is 1. The van der Waals surface area contributed by atoms with Crippen molar-refractivity contribution < 1.29 is 9.21 Å². The van der Waals surface area contributed by atoms with Crippen LogP contribution in [0.25, 0.3) is 0 Å². The van der Waals surface area contributed by atoms with Crippen molar-refractivity contribution in [1.29, 1.82) is 0 Å². The van der Waals surface area contributed by atoms with Crippen molar-refractivity contribution in [3.63, 3.8) is 0 Å². The maximum absolute atomic E-state index is 12.7. The molecule has 0 spiro atoms. The molecule has 6 nitrogen and oxygen atoms in total. The zero-order valence-corrected chi connectivity index (χ0v) is 18.3. The van der Waals surface area contributed by atoms with Gasteiger partial charge >= 0.3 is 0 Å². The topological polar surface area (TPSA) is 61.6 Å². The van der Waals surface area contributed by atoms with E-state index in [1.807, 2.05) is 12.4 Å². The lowest BCUT2D eigenvalue weighted by Gasteiger charge is -2.39. The molecule has 0 bridgehead atoms. The molecule has 4 heterocycles. The third-order valence-electron chi connectivity index (χ3n) is 5.67. The van der Waals surface area contributed by atoms with Gasteiger partial charge in [0.25, 0.3) is 5.91 Å². The molecule has 0 unspecified atom stereocenters. The molecule has 3 aromatic heterocycles. The van der Waals surface area contributed by atoms with E-state index in [2.05, 4.69) is 52.1 Å². The molecule has 0 radical (unpaired) electrons. The Morgan fingerprint density at radius 2 is 1.97 bits per heavy atom. The van der Waals surface area contributed by atoms with Crippen LogP contribution in [-0.2, 0) is 6.42 Å². The van der Waals surface area contributed by atoms with Crippen LogP contribution in [0.5, 0.6) is 0 Å². The van der Waals surface area contributed by atoms with Gasteiger partial charge in [-0.1, -0.05) is 13.8 Å². The molecule has 1 N–H and O–H groups in total. The summed E-state index contributed by atoms with van der Waals surface area (Å²) in [5.74, 6) is 0.111. The number of piperazine rings is 1. The number of carbonyl (C=O) groups is 1. The number of carbonyl (C=O) groups excluding carboxylic acids is 1. The van der Waals surface area contributed by atoms with Gasteiger partial charge in [0.1, 0.15) is 5.00 Å². The molecule has 1 amide bonds. The highest BCUT2D eigenvalue weighted by Crippen LogP contribution is 2.39. The van der Waals surface area contributed by atoms with Gasteiger partial charge in [0.2, 0.25) is 0 Å². The van der Waals surface area contributed by atoms with Crippen LogP contribution in [0, 0.1) is 0 Å². The van der Waals surface area contributed by atoms with E-state index >= 15 is 0 Å². The van der Waals surface area contributed by atoms with Crippen molar-refractivity contribution in [2.24, 2.45) is 0 Å². The first-order valence-corrected chi connectivity index (χ1v) is 11.3. The molecule has 4 rings (SSSR count). The predicted octanol–water partition coefficient (Wildman–Crippen LogP) is 4.28. The molecule has 1 atom stereocenters. The second-order valence-corrected chi connectivity index (χ2v) is 8.57. The molecule has 158 valence electrons. The summed E-state index contributed by atoms with van der Waals surface area (Å²) < 4.78 is 5.29. The number of nitrogens with zero attached hydrogens (tertiary/aromatic N) is 3. The Labute approximate surface area is 181 Å². The van der Waals surface area contributed by atoms with Crippen molar-refractivity contribution in [2.75, 3.05) is 38.0 Å². The zero-order chi connectivity index (χ0) is 20.9. The second-order valence-electron chi connectivity index (χ2n) is 7.44. The highest BCUT2D eigenvalue weighted by molar-refractivity contribution is 7.16. The van der Waals surface area contributed by atoms with Crippen LogP contribution in [0.2, 0.25) is 0 Å². The van der Waals surface area contributed by atoms with E-state index in [4.69, 9.17) is 4.42 Å². The average molecular weight is 425 g/mol. The molecule has 3 aromatic rings. The minimum atomic E-state index is -0.213. The summed E-state index contributed by atoms with van der Waals surface area (Å²) in [6.07, 6.45) is 6.15. The van der Waals surface area contributed by atoms with Gasteiger partial charge in [-0.05, 0) is 48.9 Å². The Morgan fingerprint density at radius 3 is 2.60 bits per heavy atom. The SMILES string of the molecule is CCc1cc([C@H](c2ccncc2)N2CCN(CC)CC2)c(NC(=O)c2ccco2)s1. The second kappa shape index (κ2) is 9.55. The number of hydrogen-bond donors (Lipinski definition) is 1. The molecule has 1 aliphatic rings. The maximum Gasteiger partial charge on any atom is 0.291 e. The van der Waals surface area contributed by atoms with E-state index in [0.717, 1.165) is 49.7 Å². The van der Waals surface area contributed by atoms with Gasteiger partial charge in [0, 0.05) is 49.0 Å². The average Bonchev–Trinajstić information content (AvgIpc) is 3.46. The Balaban J connectivity index is 1.69. The number of aryl methyl sites for hydroxylation is 1. The number of pyridine rings is 1. The zero-order valence-electron chi connectivity index (χ0n) is 17.5. The molecule has 1 fully saturated rings. The van der Waals surface area contributed by atoms with Crippen molar-refractivity contribution >= 4 is 22.2 Å². The first kappa shape index (κ1) is 20.8. The van der Waals surface area contributed by atoms with Gasteiger partial charge in [-0.3, -0.25) is 14.7 Å². The molecule has 0 saturated carbocycles. The van der Waals surface area contributed by atoms with E-state index in [1.54, 1.807) is 23.5 Å². The molecule has 0 aliphatic carbocycles. The van der Waals surface area contributed by atoms with E-state index in [1.165, 1.54) is 16.7 Å². The minimum Gasteiger partial charge on any atom is -0.459 e. The fraction of sp³-hybridized carbons (Fsp3) is 0.391. The number of nitrogens with one attached hydrogen (secondary N) is 1. The Bertz CT molecular complexity index is 947. The van der Waals surface area contributed by atoms with Crippen LogP contribution in [-0.4, -0.2) is 53.4 Å². The van der Waals surface area contributed by atoms with Crippen LogP contribution < -0.4 is 5.32 Å². The predicted molar refractivity (Wildman–Crippen MR) is 120 cm³/mol. The first-order chi connectivity index (χ1) is 14.7. The Hall–Kier alpha value is -2.48. The number of amides is 1. The van der Waals surface area contributed by atoms with Gasteiger partial charge in [0.15, 0.2) is 5.76 Å². The highest BCUT2D eigenvalue weighted by atomic mass is 32.1. The lowest BCUT2D eigenvalue weighted by Crippen LogP contribution is -2.47. The fourth-order valence-corrected chi connectivity index (χ4v) is 5.00. The largest absolute Gasteiger partial charge is 0.459 e. The van der Waals surface area contributed by atoms with Gasteiger partial charge in [-0.2, -0.15) is 0 Å². The molecular weight excluding hydrogens is 396 g/mol. The maximum atomic E-state index is 12.7. The molecule has 7 heteroatoms. The highest BCUT2D eigenvalue weighted by Gasteiger charge is 2.30. The summed E-state index contributed by atoms with van der Waals surface area (Å²) >= 11 is 1.65. The van der Waals surface area contributed by atoms with Crippen LogP contribution in [0.1, 0.15) is 46.4 Å². The van der Waals surface area contributed by atoms with Gasteiger partial charge in [-0.15, -0.1) is 11.3 Å². The number of thiophene rings is 1. The quantitative estimate of drug-likeness (QED) is 0.613. The van der Waals surface area contributed by atoms with E-state index < -0.39 is 0 Å². The molecule has 1 aliphatic heterocycles. The van der Waals surface area contributed by atoms with Crippen molar-refractivity contribution in [1.82, 2.24) is 14.8 Å². The van der Waals surface area contributed by atoms with Gasteiger partial charge < -0.3 is 14.6 Å². The van der Waals surface area contributed by atoms with Gasteiger partial charge in [-0.25, -0.2) is 0 Å². The third kappa shape index (κ3) is 4.48. The van der Waals surface area contributed by atoms with Crippen molar-refractivity contribution in [3.05, 3.63) is 70.8 Å². The summed E-state index contributed by atoms with van der Waals surface area (Å²) in [5, 5.41) is 4.01. The number of furan rings is 1. The summed E-state index contributed by atoms with van der Waals surface area (Å²) in [6, 6.07) is 9.91. The lowest BCUT2D eigenvalue weighted by atomic mass is 9.98. The van der Waals surface area contributed by atoms with Crippen LogP contribution in [0.3, 0.4) is 0 Å². The van der Waals surface area contributed by atoms with E-state index in [0.29, 0.717) is 5.76 Å². The smallest absolute Gasteiger partial charge is 0.291 e. The monoisotopic (exact) mass is 424 g/mol. The van der Waals surface area contributed by atoms with Gasteiger partial charge in [0.05, 0.1) is 12.3 Å². The van der Waals surface area contributed by atoms with Crippen LogP contribution in [0.15, 0.2) is 53.4 Å². The lowest BCUT2D eigenvalue weighted by molar-refractivity contribution is 0.0995. The standard InChI is InChI=1S/C23H28N4O2S/c1-3-18-16-19(23(30-18)25-22(28)20-6-5-15-29-20)21(17-7-9-24-10-8-17)27-13-11-26(4-2)12-14-27/h5-10,15-16,21H,3-4,11-14H2,1-2H3,(H,25,28)/t21-/m0/s1. The summed E-state index contributed by atoms with van der Waals surface area (Å²) in [4.78, 5) is 23.2. The molecule has 0 aromatic carbocycles. The van der Waals surface area contributed by atoms with Crippen molar-refractivity contribution in [2.45, 2.75) is 26.3 Å². The van der Waals surface area contributed by atoms with E-state index in [-0.39, 0.29) is 11.9 Å². The molecule has 1 saturated heterocycles. The fourth-order valence-electron chi connectivity index (χ4n) is 3.98. The summed E-state index contributed by atoms with van der Waals surface area (Å²) in [5.41, 5.74) is 2.34.